The van der Waals surface area contributed by atoms with Crippen molar-refractivity contribution >= 4 is 0 Å². The second-order valence-electron chi connectivity index (χ2n) is 4.56. The van der Waals surface area contributed by atoms with Gasteiger partial charge in [0.15, 0.2) is 5.69 Å². The smallest absolute Gasteiger partial charge is 0.435 e. The maximum absolute atomic E-state index is 13.0. The number of aryl methyl sites for hydroxylation is 1. The van der Waals surface area contributed by atoms with E-state index in [-0.39, 0.29) is 17.9 Å². The minimum atomic E-state index is -4.51. The Balaban J connectivity index is 2.41. The van der Waals surface area contributed by atoms with Crippen LogP contribution in [0, 0.1) is 0 Å². The van der Waals surface area contributed by atoms with Crippen LogP contribution in [0.2, 0.25) is 0 Å². The number of benzene rings is 1. The van der Waals surface area contributed by atoms with E-state index >= 15 is 0 Å². The summed E-state index contributed by atoms with van der Waals surface area (Å²) in [6.07, 6.45) is -3.92. The lowest BCUT2D eigenvalue weighted by molar-refractivity contribution is -0.142. The molecule has 1 heterocycles. The van der Waals surface area contributed by atoms with Crippen LogP contribution in [0.25, 0.3) is 0 Å². The number of halogens is 3. The lowest BCUT2D eigenvalue weighted by atomic mass is 10.1. The maximum Gasteiger partial charge on any atom is 0.435 e. The van der Waals surface area contributed by atoms with Gasteiger partial charge < -0.3 is 10.5 Å². The summed E-state index contributed by atoms with van der Waals surface area (Å²) < 4.78 is 45.8. The molecule has 0 aliphatic rings. The van der Waals surface area contributed by atoms with E-state index in [4.69, 9.17) is 10.5 Å². The zero-order chi connectivity index (χ0) is 15.5. The Morgan fingerprint density at radius 1 is 1.24 bits per heavy atom. The van der Waals surface area contributed by atoms with Crippen LogP contribution in [-0.4, -0.2) is 16.3 Å². The van der Waals surface area contributed by atoms with Crippen molar-refractivity contribution < 1.29 is 17.9 Å². The van der Waals surface area contributed by atoms with E-state index in [1.54, 1.807) is 30.3 Å². The van der Waals surface area contributed by atoms with Crippen LogP contribution >= 0.6 is 0 Å². The molecule has 2 rings (SSSR count). The van der Waals surface area contributed by atoms with Crippen LogP contribution < -0.4 is 10.5 Å². The van der Waals surface area contributed by atoms with Gasteiger partial charge in [0, 0.05) is 12.6 Å². The number of rotatable bonds is 5. The Morgan fingerprint density at radius 3 is 2.48 bits per heavy atom. The molecule has 0 aliphatic heterocycles. The lowest BCUT2D eigenvalue weighted by Crippen LogP contribution is -2.10. The third kappa shape index (κ3) is 3.55. The van der Waals surface area contributed by atoms with Gasteiger partial charge in [-0.3, -0.25) is 0 Å². The number of hydrogen-bond acceptors (Lipinski definition) is 3. The summed E-state index contributed by atoms with van der Waals surface area (Å²) in [4.78, 5) is 0. The molecule has 0 radical (unpaired) electrons. The summed E-state index contributed by atoms with van der Waals surface area (Å²) in [5.41, 5.74) is 4.52. The highest BCUT2D eigenvalue weighted by Crippen LogP contribution is 2.37. The van der Waals surface area contributed by atoms with Crippen molar-refractivity contribution in [3.05, 3.63) is 41.6 Å². The Bertz CT molecular complexity index is 594. The van der Waals surface area contributed by atoms with Crippen LogP contribution in [-0.2, 0) is 19.6 Å². The second kappa shape index (κ2) is 6.17. The first-order valence-corrected chi connectivity index (χ1v) is 6.49. The fourth-order valence-electron chi connectivity index (χ4n) is 2.01. The molecule has 0 fully saturated rings. The molecule has 0 saturated carbocycles. The van der Waals surface area contributed by atoms with E-state index < -0.39 is 11.9 Å². The van der Waals surface area contributed by atoms with Gasteiger partial charge in [-0.25, -0.2) is 4.68 Å². The first-order valence-electron chi connectivity index (χ1n) is 6.49. The standard InChI is InChI=1S/C14H16F3N3O/c1-20-13(21-10-6-3-2-4-7-10)11(8-5-9-18)12(19-20)14(15,16)17/h2-4,6-7H,5,8-9,18H2,1H3. The minimum Gasteiger partial charge on any atom is -0.439 e. The first-order chi connectivity index (χ1) is 9.93. The summed E-state index contributed by atoms with van der Waals surface area (Å²) in [6.45, 7) is 0.303. The molecule has 0 spiro atoms. The number of aromatic nitrogens is 2. The highest BCUT2D eigenvalue weighted by atomic mass is 19.4. The molecule has 0 amide bonds. The average molecular weight is 299 g/mol. The SMILES string of the molecule is Cn1nc(C(F)(F)F)c(CCCN)c1Oc1ccccc1. The fraction of sp³-hybridized carbons (Fsp3) is 0.357. The first kappa shape index (κ1) is 15.4. The van der Waals surface area contributed by atoms with Crippen LogP contribution in [0.5, 0.6) is 11.6 Å². The molecule has 21 heavy (non-hydrogen) atoms. The third-order valence-electron chi connectivity index (χ3n) is 2.95. The van der Waals surface area contributed by atoms with Gasteiger partial charge in [-0.15, -0.1) is 0 Å². The highest BCUT2D eigenvalue weighted by Gasteiger charge is 2.39. The predicted octanol–water partition coefficient (Wildman–Crippen LogP) is 3.12. The Hall–Kier alpha value is -2.02. The van der Waals surface area contributed by atoms with E-state index in [0.29, 0.717) is 18.7 Å². The Labute approximate surface area is 120 Å². The molecular weight excluding hydrogens is 283 g/mol. The molecule has 0 bridgehead atoms. The number of alkyl halides is 3. The van der Waals surface area contributed by atoms with Crippen LogP contribution in [0.15, 0.2) is 30.3 Å². The number of nitrogens with zero attached hydrogens (tertiary/aromatic N) is 2. The summed E-state index contributed by atoms with van der Waals surface area (Å²) >= 11 is 0. The van der Waals surface area contributed by atoms with Crippen LogP contribution in [0.1, 0.15) is 17.7 Å². The molecule has 0 saturated heterocycles. The molecule has 2 N–H and O–H groups in total. The number of hydrogen-bond donors (Lipinski definition) is 1. The zero-order valence-corrected chi connectivity index (χ0v) is 11.5. The number of nitrogens with two attached hydrogens (primary N) is 1. The molecule has 7 heteroatoms. The van der Waals surface area contributed by atoms with Gasteiger partial charge in [0.1, 0.15) is 5.75 Å². The van der Waals surface area contributed by atoms with Gasteiger partial charge in [-0.1, -0.05) is 18.2 Å². The van der Waals surface area contributed by atoms with Gasteiger partial charge in [-0.05, 0) is 31.5 Å². The van der Waals surface area contributed by atoms with Gasteiger partial charge in [0.2, 0.25) is 5.88 Å². The van der Waals surface area contributed by atoms with Gasteiger partial charge in [0.25, 0.3) is 0 Å². The van der Waals surface area contributed by atoms with Crippen LogP contribution in [0.4, 0.5) is 13.2 Å². The molecular formula is C14H16F3N3O. The van der Waals surface area contributed by atoms with Crippen LogP contribution in [0.3, 0.4) is 0 Å². The fourth-order valence-corrected chi connectivity index (χ4v) is 2.01. The molecule has 2 aromatic rings. The molecule has 0 atom stereocenters. The van der Waals surface area contributed by atoms with Crippen molar-refractivity contribution in [3.63, 3.8) is 0 Å². The predicted molar refractivity (Wildman–Crippen MR) is 72.1 cm³/mol. The number of ether oxygens (including phenoxy) is 1. The summed E-state index contributed by atoms with van der Waals surface area (Å²) in [7, 11) is 1.43. The molecule has 1 aromatic carbocycles. The van der Waals surface area contributed by atoms with E-state index in [1.807, 2.05) is 0 Å². The summed E-state index contributed by atoms with van der Waals surface area (Å²) in [5, 5.41) is 3.56. The van der Waals surface area contributed by atoms with Crippen molar-refractivity contribution in [1.82, 2.24) is 9.78 Å². The van der Waals surface area contributed by atoms with Gasteiger partial charge in [0.05, 0.1) is 0 Å². The quantitative estimate of drug-likeness (QED) is 0.923. The van der Waals surface area contributed by atoms with Crippen molar-refractivity contribution in [2.24, 2.45) is 12.8 Å². The normalized spacial score (nSPS) is 11.7. The topological polar surface area (TPSA) is 53.1 Å². The molecule has 0 unspecified atom stereocenters. The summed E-state index contributed by atoms with van der Waals surface area (Å²) in [5.74, 6) is 0.560. The zero-order valence-electron chi connectivity index (χ0n) is 11.5. The van der Waals surface area contributed by atoms with E-state index in [9.17, 15) is 13.2 Å². The Kier molecular flexibility index (Phi) is 4.52. The summed E-state index contributed by atoms with van der Waals surface area (Å²) in [6, 6.07) is 8.64. The van der Waals surface area contributed by atoms with Crippen molar-refractivity contribution in [3.8, 4) is 11.6 Å². The third-order valence-corrected chi connectivity index (χ3v) is 2.95. The lowest BCUT2D eigenvalue weighted by Gasteiger charge is -2.09. The monoisotopic (exact) mass is 299 g/mol. The number of para-hydroxylation sites is 1. The second-order valence-corrected chi connectivity index (χ2v) is 4.56. The van der Waals surface area contributed by atoms with Gasteiger partial charge in [-0.2, -0.15) is 18.3 Å². The maximum atomic E-state index is 13.0. The van der Waals surface area contributed by atoms with Crippen molar-refractivity contribution in [2.75, 3.05) is 6.54 Å². The molecule has 4 nitrogen and oxygen atoms in total. The van der Waals surface area contributed by atoms with E-state index in [0.717, 1.165) is 4.68 Å². The van der Waals surface area contributed by atoms with Gasteiger partial charge >= 0.3 is 6.18 Å². The minimum absolute atomic E-state index is 0.0410. The largest absolute Gasteiger partial charge is 0.439 e. The van der Waals surface area contributed by atoms with Crippen molar-refractivity contribution in [2.45, 2.75) is 19.0 Å². The Morgan fingerprint density at radius 2 is 1.90 bits per heavy atom. The highest BCUT2D eigenvalue weighted by molar-refractivity contribution is 5.37. The van der Waals surface area contributed by atoms with E-state index in [1.165, 1.54) is 7.05 Å². The molecule has 0 aliphatic carbocycles. The van der Waals surface area contributed by atoms with E-state index in [2.05, 4.69) is 5.10 Å². The molecule has 114 valence electrons. The average Bonchev–Trinajstić information content (AvgIpc) is 2.75. The van der Waals surface area contributed by atoms with Crippen molar-refractivity contribution in [1.29, 1.82) is 0 Å². The molecule has 1 aromatic heterocycles.